The van der Waals surface area contributed by atoms with E-state index in [1.54, 1.807) is 30.3 Å². The standard InChI is InChI=1S/C21H25N3O6S/c25-21(16-2-7-19-20(14-16)30-15-29-19)23-17-3-5-18(6-4-17)31(26,27)22-8-1-9-24-10-12-28-13-11-24/h2-7,14,22H,1,8-13,15H2,(H,23,25). The Kier molecular flexibility index (Phi) is 6.71. The summed E-state index contributed by atoms with van der Waals surface area (Å²) in [6.07, 6.45) is 0.725. The summed E-state index contributed by atoms with van der Waals surface area (Å²) in [5.41, 5.74) is 0.914. The number of ether oxygens (including phenoxy) is 3. The van der Waals surface area contributed by atoms with E-state index >= 15 is 0 Å². The molecule has 1 amide bonds. The predicted octanol–water partition coefficient (Wildman–Crippen LogP) is 1.67. The first-order valence-corrected chi connectivity index (χ1v) is 11.6. The second kappa shape index (κ2) is 9.65. The molecule has 2 aliphatic heterocycles. The number of sulfonamides is 1. The van der Waals surface area contributed by atoms with Crippen molar-refractivity contribution < 1.29 is 27.4 Å². The average molecular weight is 448 g/mol. The average Bonchev–Trinajstić information content (AvgIpc) is 3.26. The number of carbonyl (C=O) groups is 1. The molecular formula is C21H25N3O6S. The quantitative estimate of drug-likeness (QED) is 0.593. The van der Waals surface area contributed by atoms with Crippen LogP contribution >= 0.6 is 0 Å². The van der Waals surface area contributed by atoms with Gasteiger partial charge in [0.05, 0.1) is 18.1 Å². The fourth-order valence-electron chi connectivity index (χ4n) is 3.38. The summed E-state index contributed by atoms with van der Waals surface area (Å²) in [7, 11) is -3.60. The van der Waals surface area contributed by atoms with Crippen LogP contribution in [0.5, 0.6) is 11.5 Å². The first kappa shape index (κ1) is 21.6. The van der Waals surface area contributed by atoms with Crippen molar-refractivity contribution in [3.63, 3.8) is 0 Å². The van der Waals surface area contributed by atoms with Gasteiger partial charge in [0.25, 0.3) is 5.91 Å². The number of nitrogens with one attached hydrogen (secondary N) is 2. The van der Waals surface area contributed by atoms with Crippen molar-refractivity contribution in [2.45, 2.75) is 11.3 Å². The van der Waals surface area contributed by atoms with Crippen LogP contribution in [0.2, 0.25) is 0 Å². The van der Waals surface area contributed by atoms with Crippen LogP contribution in [-0.2, 0) is 14.8 Å². The van der Waals surface area contributed by atoms with Gasteiger partial charge in [-0.1, -0.05) is 0 Å². The van der Waals surface area contributed by atoms with E-state index in [9.17, 15) is 13.2 Å². The first-order valence-electron chi connectivity index (χ1n) is 10.1. The van der Waals surface area contributed by atoms with Gasteiger partial charge < -0.3 is 19.5 Å². The Labute approximate surface area is 181 Å². The molecule has 0 unspecified atom stereocenters. The van der Waals surface area contributed by atoms with Gasteiger partial charge in [0.2, 0.25) is 16.8 Å². The topological polar surface area (TPSA) is 106 Å². The van der Waals surface area contributed by atoms with Gasteiger partial charge in [0, 0.05) is 30.9 Å². The van der Waals surface area contributed by atoms with Crippen LogP contribution in [0.15, 0.2) is 47.4 Å². The normalized spacial score (nSPS) is 16.3. The Morgan fingerprint density at radius 1 is 1.00 bits per heavy atom. The summed E-state index contributed by atoms with van der Waals surface area (Å²) in [5, 5.41) is 2.75. The number of hydrogen-bond donors (Lipinski definition) is 2. The maximum atomic E-state index is 12.5. The molecule has 2 N–H and O–H groups in total. The minimum atomic E-state index is -3.60. The van der Waals surface area contributed by atoms with Gasteiger partial charge in [-0.05, 0) is 55.4 Å². The highest BCUT2D eigenvalue weighted by molar-refractivity contribution is 7.89. The molecule has 1 fully saturated rings. The summed E-state index contributed by atoms with van der Waals surface area (Å²) in [4.78, 5) is 14.9. The number of carbonyl (C=O) groups excluding carboxylic acids is 1. The summed E-state index contributed by atoms with van der Waals surface area (Å²) < 4.78 is 43.4. The third-order valence-corrected chi connectivity index (χ3v) is 6.58. The maximum absolute atomic E-state index is 12.5. The van der Waals surface area contributed by atoms with E-state index in [4.69, 9.17) is 14.2 Å². The van der Waals surface area contributed by atoms with Crippen molar-refractivity contribution in [3.05, 3.63) is 48.0 Å². The Balaban J connectivity index is 1.29. The first-order chi connectivity index (χ1) is 15.0. The number of anilines is 1. The lowest BCUT2D eigenvalue weighted by Gasteiger charge is -2.26. The molecule has 31 heavy (non-hydrogen) atoms. The SMILES string of the molecule is O=C(Nc1ccc(S(=O)(=O)NCCCN2CCOCC2)cc1)c1ccc2c(c1)OCO2. The van der Waals surface area contributed by atoms with Crippen LogP contribution in [0.3, 0.4) is 0 Å². The lowest BCUT2D eigenvalue weighted by Crippen LogP contribution is -2.38. The zero-order chi connectivity index (χ0) is 21.7. The summed E-state index contributed by atoms with van der Waals surface area (Å²) >= 11 is 0. The Bertz CT molecular complexity index is 1020. The Morgan fingerprint density at radius 2 is 1.74 bits per heavy atom. The van der Waals surface area contributed by atoms with Gasteiger partial charge in [0.1, 0.15) is 0 Å². The summed E-state index contributed by atoms with van der Waals surface area (Å²) in [6.45, 7) is 4.54. The number of morpholine rings is 1. The molecule has 10 heteroatoms. The molecule has 9 nitrogen and oxygen atoms in total. The van der Waals surface area contributed by atoms with E-state index in [0.717, 1.165) is 39.3 Å². The zero-order valence-corrected chi connectivity index (χ0v) is 17.8. The second-order valence-electron chi connectivity index (χ2n) is 7.25. The lowest BCUT2D eigenvalue weighted by molar-refractivity contribution is 0.0376. The number of benzene rings is 2. The van der Waals surface area contributed by atoms with Gasteiger partial charge in [-0.25, -0.2) is 13.1 Å². The van der Waals surface area contributed by atoms with Gasteiger partial charge in [-0.2, -0.15) is 0 Å². The molecule has 2 aliphatic rings. The molecule has 0 saturated carbocycles. The summed E-state index contributed by atoms with van der Waals surface area (Å²) in [6, 6.07) is 11.0. The van der Waals surface area contributed by atoms with Gasteiger partial charge in [-0.3, -0.25) is 9.69 Å². The molecule has 1 saturated heterocycles. The van der Waals surface area contributed by atoms with Crippen molar-refractivity contribution in [1.82, 2.24) is 9.62 Å². The number of nitrogens with zero attached hydrogens (tertiary/aromatic N) is 1. The molecule has 0 spiro atoms. The fraction of sp³-hybridized carbons (Fsp3) is 0.381. The highest BCUT2D eigenvalue weighted by Gasteiger charge is 2.17. The van der Waals surface area contributed by atoms with Gasteiger partial charge >= 0.3 is 0 Å². The molecule has 0 aromatic heterocycles. The van der Waals surface area contributed by atoms with Crippen LogP contribution in [0.25, 0.3) is 0 Å². The Morgan fingerprint density at radius 3 is 2.52 bits per heavy atom. The van der Waals surface area contributed by atoms with Crippen LogP contribution in [-0.4, -0.2) is 65.4 Å². The predicted molar refractivity (Wildman–Crippen MR) is 114 cm³/mol. The van der Waals surface area contributed by atoms with E-state index < -0.39 is 10.0 Å². The highest BCUT2D eigenvalue weighted by Crippen LogP contribution is 2.32. The smallest absolute Gasteiger partial charge is 0.255 e. The molecule has 2 heterocycles. The third-order valence-electron chi connectivity index (χ3n) is 5.10. The van der Waals surface area contributed by atoms with E-state index in [1.165, 1.54) is 12.1 Å². The van der Waals surface area contributed by atoms with Crippen LogP contribution < -0.4 is 19.5 Å². The zero-order valence-electron chi connectivity index (χ0n) is 17.0. The minimum Gasteiger partial charge on any atom is -0.454 e. The van der Waals surface area contributed by atoms with Crippen molar-refractivity contribution >= 4 is 21.6 Å². The maximum Gasteiger partial charge on any atom is 0.255 e. The molecule has 0 aliphatic carbocycles. The molecule has 0 radical (unpaired) electrons. The lowest BCUT2D eigenvalue weighted by atomic mass is 10.2. The number of rotatable bonds is 8. The third kappa shape index (κ3) is 5.53. The van der Waals surface area contributed by atoms with E-state index in [1.807, 2.05) is 0 Å². The highest BCUT2D eigenvalue weighted by atomic mass is 32.2. The van der Waals surface area contributed by atoms with Crippen molar-refractivity contribution in [1.29, 1.82) is 0 Å². The number of amides is 1. The largest absolute Gasteiger partial charge is 0.454 e. The molecule has 166 valence electrons. The molecule has 2 aromatic rings. The van der Waals surface area contributed by atoms with Crippen LogP contribution in [0, 0.1) is 0 Å². The molecule has 4 rings (SSSR count). The van der Waals surface area contributed by atoms with Crippen LogP contribution in [0.4, 0.5) is 5.69 Å². The van der Waals surface area contributed by atoms with Crippen molar-refractivity contribution in [2.24, 2.45) is 0 Å². The second-order valence-corrected chi connectivity index (χ2v) is 9.02. The summed E-state index contributed by atoms with van der Waals surface area (Å²) in [5.74, 6) is 0.799. The van der Waals surface area contributed by atoms with E-state index in [0.29, 0.717) is 29.3 Å². The molecule has 0 bridgehead atoms. The van der Waals surface area contributed by atoms with E-state index in [-0.39, 0.29) is 17.6 Å². The molecule has 2 aromatic carbocycles. The number of fused-ring (bicyclic) bond motifs is 1. The van der Waals surface area contributed by atoms with Gasteiger partial charge in [-0.15, -0.1) is 0 Å². The fourth-order valence-corrected chi connectivity index (χ4v) is 4.45. The van der Waals surface area contributed by atoms with Crippen molar-refractivity contribution in [3.8, 4) is 11.5 Å². The van der Waals surface area contributed by atoms with Crippen molar-refractivity contribution in [2.75, 3.05) is 51.5 Å². The minimum absolute atomic E-state index is 0.137. The van der Waals surface area contributed by atoms with E-state index in [2.05, 4.69) is 14.9 Å². The van der Waals surface area contributed by atoms with Gasteiger partial charge in [0.15, 0.2) is 11.5 Å². The number of hydrogen-bond acceptors (Lipinski definition) is 7. The monoisotopic (exact) mass is 447 g/mol. The Hall–Kier alpha value is -2.66. The molecular weight excluding hydrogens is 422 g/mol. The molecule has 0 atom stereocenters. The van der Waals surface area contributed by atoms with Crippen LogP contribution in [0.1, 0.15) is 16.8 Å².